The quantitative estimate of drug-likeness (QED) is 0.349. The predicted molar refractivity (Wildman–Crippen MR) is 126 cm³/mol. The van der Waals surface area contributed by atoms with Gasteiger partial charge in [-0.15, -0.1) is 0 Å². The van der Waals surface area contributed by atoms with Crippen LogP contribution in [0.1, 0.15) is 50.8 Å². The fourth-order valence-electron chi connectivity index (χ4n) is 3.93. The summed E-state index contributed by atoms with van der Waals surface area (Å²) in [7, 11) is 0. The maximum absolute atomic E-state index is 13.5. The van der Waals surface area contributed by atoms with Crippen LogP contribution in [0.25, 0.3) is 0 Å². The number of carbonyl (C=O) groups is 2. The van der Waals surface area contributed by atoms with Gasteiger partial charge >= 0.3 is 11.9 Å². The van der Waals surface area contributed by atoms with Crippen LogP contribution in [0.5, 0.6) is 0 Å². The molecular weight excluding hydrogens is 450 g/mol. The van der Waals surface area contributed by atoms with Crippen molar-refractivity contribution in [3.63, 3.8) is 0 Å². The molecule has 0 bridgehead atoms. The van der Waals surface area contributed by atoms with Gasteiger partial charge in [-0.3, -0.25) is 10.1 Å². The van der Waals surface area contributed by atoms with E-state index >= 15 is 0 Å². The largest absolute Gasteiger partial charge is 0.460 e. The second-order valence-electron chi connectivity index (χ2n) is 8.27. The molecule has 0 fully saturated rings. The van der Waals surface area contributed by atoms with Gasteiger partial charge < -0.3 is 14.8 Å². The first kappa shape index (κ1) is 25.2. The Labute approximate surface area is 202 Å². The average Bonchev–Trinajstić information content (AvgIpc) is 2.81. The number of allylic oxidation sites excluding steroid dienone is 2. The number of dihydropyridines is 1. The van der Waals surface area contributed by atoms with Gasteiger partial charge in [-0.25, -0.2) is 9.59 Å². The van der Waals surface area contributed by atoms with E-state index in [9.17, 15) is 25.0 Å². The van der Waals surface area contributed by atoms with Gasteiger partial charge in [-0.2, -0.15) is 5.26 Å². The molecule has 180 valence electrons. The van der Waals surface area contributed by atoms with E-state index in [0.717, 1.165) is 0 Å². The Morgan fingerprint density at radius 1 is 1.00 bits per heavy atom. The molecule has 2 atom stereocenters. The first-order chi connectivity index (χ1) is 16.6. The number of nitro benzene ring substituents is 1. The summed E-state index contributed by atoms with van der Waals surface area (Å²) in [5.41, 5.74) is 1.67. The van der Waals surface area contributed by atoms with E-state index in [-0.39, 0.29) is 16.8 Å². The highest BCUT2D eigenvalue weighted by atomic mass is 16.6. The molecule has 9 heteroatoms. The third-order valence-electron chi connectivity index (χ3n) is 5.40. The smallest absolute Gasteiger partial charge is 0.338 e. The molecule has 0 aliphatic carbocycles. The Morgan fingerprint density at radius 2 is 1.60 bits per heavy atom. The standard InChI is InChI=1S/C26H25N3O6/c1-15(2)34-25(30)22-16(3)28-17(4)23(24(22)19-11-8-12-20(13-19)29(32)33)26(31)35-21(14-27)18-9-6-5-7-10-18/h5-13,15,21,24,28H,1-4H3. The van der Waals surface area contributed by atoms with Gasteiger partial charge in [0.05, 0.1) is 28.1 Å². The first-order valence-electron chi connectivity index (χ1n) is 10.9. The average molecular weight is 476 g/mol. The number of rotatable bonds is 7. The zero-order chi connectivity index (χ0) is 25.7. The highest BCUT2D eigenvalue weighted by Crippen LogP contribution is 2.41. The third kappa shape index (κ3) is 5.55. The van der Waals surface area contributed by atoms with E-state index in [2.05, 4.69) is 5.32 Å². The fourth-order valence-corrected chi connectivity index (χ4v) is 3.93. The number of ether oxygens (including phenoxy) is 2. The molecule has 2 aromatic rings. The van der Waals surface area contributed by atoms with Crippen LogP contribution in [-0.4, -0.2) is 23.0 Å². The molecule has 1 aliphatic heterocycles. The van der Waals surface area contributed by atoms with Crippen LogP contribution >= 0.6 is 0 Å². The first-order valence-corrected chi connectivity index (χ1v) is 10.9. The van der Waals surface area contributed by atoms with Crippen LogP contribution in [0.15, 0.2) is 77.1 Å². The zero-order valence-corrected chi connectivity index (χ0v) is 19.8. The number of hydrogen-bond acceptors (Lipinski definition) is 8. The summed E-state index contributed by atoms with van der Waals surface area (Å²) in [4.78, 5) is 37.5. The predicted octanol–water partition coefficient (Wildman–Crippen LogP) is 4.59. The lowest BCUT2D eigenvalue weighted by atomic mass is 9.80. The van der Waals surface area contributed by atoms with Gasteiger partial charge in [0.2, 0.25) is 6.10 Å². The topological polar surface area (TPSA) is 132 Å². The highest BCUT2D eigenvalue weighted by Gasteiger charge is 2.39. The summed E-state index contributed by atoms with van der Waals surface area (Å²) in [6.45, 7) is 6.69. The number of nitrogens with zero attached hydrogens (tertiary/aromatic N) is 2. The molecule has 0 radical (unpaired) electrons. The van der Waals surface area contributed by atoms with Crippen LogP contribution < -0.4 is 5.32 Å². The number of non-ortho nitro benzene ring substituents is 1. The van der Waals surface area contributed by atoms with Crippen molar-refractivity contribution in [2.75, 3.05) is 0 Å². The molecule has 1 N–H and O–H groups in total. The van der Waals surface area contributed by atoms with Crippen molar-refractivity contribution in [1.82, 2.24) is 5.32 Å². The number of esters is 2. The second kappa shape index (κ2) is 10.7. The van der Waals surface area contributed by atoms with Crippen molar-refractivity contribution in [2.24, 2.45) is 0 Å². The molecule has 0 spiro atoms. The van der Waals surface area contributed by atoms with E-state index in [1.807, 2.05) is 6.07 Å². The van der Waals surface area contributed by atoms with E-state index in [1.54, 1.807) is 64.1 Å². The Balaban J connectivity index is 2.12. The molecule has 0 saturated carbocycles. The Kier molecular flexibility index (Phi) is 7.66. The fraction of sp³-hybridized carbons (Fsp3) is 0.269. The van der Waals surface area contributed by atoms with Crippen LogP contribution in [-0.2, 0) is 19.1 Å². The highest BCUT2D eigenvalue weighted by molar-refractivity contribution is 6.00. The van der Waals surface area contributed by atoms with Crippen LogP contribution in [0.3, 0.4) is 0 Å². The van der Waals surface area contributed by atoms with E-state index in [1.165, 1.54) is 18.2 Å². The summed E-state index contributed by atoms with van der Waals surface area (Å²) < 4.78 is 11.0. The van der Waals surface area contributed by atoms with Crippen LogP contribution in [0.4, 0.5) is 5.69 Å². The minimum absolute atomic E-state index is 0.0583. The number of nitrogens with one attached hydrogen (secondary N) is 1. The summed E-state index contributed by atoms with van der Waals surface area (Å²) in [5.74, 6) is -2.51. The number of benzene rings is 2. The number of hydrogen-bond donors (Lipinski definition) is 1. The minimum atomic E-state index is -1.19. The minimum Gasteiger partial charge on any atom is -0.460 e. The van der Waals surface area contributed by atoms with E-state index in [4.69, 9.17) is 9.47 Å². The number of nitriles is 1. The molecule has 0 saturated heterocycles. The van der Waals surface area contributed by atoms with Gasteiger partial charge in [0.15, 0.2) is 0 Å². The van der Waals surface area contributed by atoms with Crippen molar-refractivity contribution in [3.05, 3.63) is 98.4 Å². The van der Waals surface area contributed by atoms with E-state index < -0.39 is 35.0 Å². The molecule has 3 rings (SSSR count). The van der Waals surface area contributed by atoms with Crippen molar-refractivity contribution in [3.8, 4) is 6.07 Å². The van der Waals surface area contributed by atoms with Gasteiger partial charge in [0.25, 0.3) is 5.69 Å². The Morgan fingerprint density at radius 3 is 2.14 bits per heavy atom. The molecule has 0 amide bonds. The summed E-state index contributed by atoms with van der Waals surface area (Å²) in [6, 6.07) is 16.2. The van der Waals surface area contributed by atoms with Gasteiger partial charge in [0.1, 0.15) is 6.07 Å². The molecule has 2 aromatic carbocycles. The Hall–Kier alpha value is -4.45. The van der Waals surface area contributed by atoms with Crippen molar-refractivity contribution in [2.45, 2.75) is 45.8 Å². The van der Waals surface area contributed by atoms with Crippen molar-refractivity contribution < 1.29 is 24.0 Å². The maximum atomic E-state index is 13.5. The Bertz CT molecular complexity index is 1260. The molecule has 2 unspecified atom stereocenters. The second-order valence-corrected chi connectivity index (χ2v) is 8.27. The lowest BCUT2D eigenvalue weighted by Crippen LogP contribution is -2.33. The molecular formula is C26H25N3O6. The summed E-state index contributed by atoms with van der Waals surface area (Å²) >= 11 is 0. The normalized spacial score (nSPS) is 16.3. The molecule has 35 heavy (non-hydrogen) atoms. The monoisotopic (exact) mass is 475 g/mol. The third-order valence-corrected chi connectivity index (χ3v) is 5.40. The SMILES string of the molecule is CC1=C(C(=O)OC(C)C)C(c2cccc([N+](=O)[O-])c2)C(C(=O)OC(C#N)c2ccccc2)=C(C)N1. The van der Waals surface area contributed by atoms with E-state index in [0.29, 0.717) is 22.5 Å². The molecule has 9 nitrogen and oxygen atoms in total. The van der Waals surface area contributed by atoms with Crippen molar-refractivity contribution in [1.29, 1.82) is 5.26 Å². The molecule has 1 aliphatic rings. The van der Waals surface area contributed by atoms with Crippen LogP contribution in [0.2, 0.25) is 0 Å². The number of nitro groups is 1. The summed E-state index contributed by atoms with van der Waals surface area (Å²) in [5, 5.41) is 24.1. The maximum Gasteiger partial charge on any atom is 0.338 e. The van der Waals surface area contributed by atoms with Gasteiger partial charge in [-0.05, 0) is 33.3 Å². The lowest BCUT2D eigenvalue weighted by molar-refractivity contribution is -0.384. The summed E-state index contributed by atoms with van der Waals surface area (Å²) in [6.07, 6.45) is -1.62. The van der Waals surface area contributed by atoms with Gasteiger partial charge in [-0.1, -0.05) is 42.5 Å². The van der Waals surface area contributed by atoms with Crippen LogP contribution in [0, 0.1) is 21.4 Å². The number of carbonyl (C=O) groups excluding carboxylic acids is 2. The molecule has 1 heterocycles. The lowest BCUT2D eigenvalue weighted by Gasteiger charge is -2.31. The van der Waals surface area contributed by atoms with Gasteiger partial charge in [0, 0.05) is 29.1 Å². The molecule has 0 aromatic heterocycles. The van der Waals surface area contributed by atoms with Crippen molar-refractivity contribution >= 4 is 17.6 Å². The zero-order valence-electron chi connectivity index (χ0n) is 19.8.